The minimum atomic E-state index is 1.09. The molecule has 1 radical (unpaired) electrons. The SMILES string of the molecule is [c]1n[nH]c2c1CCC=C2. The summed E-state index contributed by atoms with van der Waals surface area (Å²) in [6.07, 6.45) is 9.32. The fraction of sp³-hybridized carbons (Fsp3) is 0.286. The van der Waals surface area contributed by atoms with Gasteiger partial charge in [-0.05, 0) is 18.9 Å². The topological polar surface area (TPSA) is 28.7 Å². The van der Waals surface area contributed by atoms with Crippen molar-refractivity contribution < 1.29 is 0 Å². The normalized spacial score (nSPS) is 15.6. The number of allylic oxidation sites excluding steroid dienone is 1. The maximum atomic E-state index is 3.80. The Balaban J connectivity index is 2.53. The van der Waals surface area contributed by atoms with Crippen LogP contribution in [0.25, 0.3) is 6.08 Å². The van der Waals surface area contributed by atoms with Crippen LogP contribution in [0.3, 0.4) is 0 Å². The molecule has 9 heavy (non-hydrogen) atoms. The van der Waals surface area contributed by atoms with Gasteiger partial charge in [0.1, 0.15) is 6.20 Å². The Labute approximate surface area is 53.6 Å². The predicted molar refractivity (Wildman–Crippen MR) is 34.8 cm³/mol. The van der Waals surface area contributed by atoms with Crippen molar-refractivity contribution in [1.29, 1.82) is 0 Å². The van der Waals surface area contributed by atoms with E-state index in [1.54, 1.807) is 0 Å². The summed E-state index contributed by atoms with van der Waals surface area (Å²) in [5, 5.41) is 6.67. The molecule has 0 saturated heterocycles. The van der Waals surface area contributed by atoms with E-state index in [9.17, 15) is 0 Å². The Hall–Kier alpha value is -1.05. The molecule has 0 aromatic carbocycles. The first-order valence-corrected chi connectivity index (χ1v) is 3.08. The molecule has 1 heterocycles. The van der Waals surface area contributed by atoms with Crippen LogP contribution in [0.15, 0.2) is 6.08 Å². The zero-order chi connectivity index (χ0) is 6.10. The van der Waals surface area contributed by atoms with Gasteiger partial charge in [0.05, 0.1) is 5.69 Å². The van der Waals surface area contributed by atoms with E-state index in [1.807, 2.05) is 0 Å². The number of hydrogen-bond acceptors (Lipinski definition) is 1. The fourth-order valence-electron chi connectivity index (χ4n) is 1.04. The Morgan fingerprint density at radius 3 is 3.56 bits per heavy atom. The molecule has 2 rings (SSSR count). The molecule has 1 aromatic heterocycles. The number of H-pyrrole nitrogens is 1. The third-order valence-electron chi connectivity index (χ3n) is 1.54. The van der Waals surface area contributed by atoms with Crippen molar-refractivity contribution >= 4 is 6.08 Å². The van der Waals surface area contributed by atoms with Crippen molar-refractivity contribution in [2.45, 2.75) is 12.8 Å². The number of aromatic nitrogens is 2. The van der Waals surface area contributed by atoms with E-state index in [-0.39, 0.29) is 0 Å². The van der Waals surface area contributed by atoms with E-state index in [1.165, 1.54) is 5.56 Å². The molecule has 45 valence electrons. The fourth-order valence-corrected chi connectivity index (χ4v) is 1.04. The summed E-state index contributed by atoms with van der Waals surface area (Å²) in [6.45, 7) is 0. The number of nitrogens with one attached hydrogen (secondary N) is 1. The first-order chi connectivity index (χ1) is 4.47. The van der Waals surface area contributed by atoms with Crippen LogP contribution in [0, 0.1) is 6.20 Å². The van der Waals surface area contributed by atoms with E-state index in [0.717, 1.165) is 18.5 Å². The Morgan fingerprint density at radius 2 is 2.67 bits per heavy atom. The van der Waals surface area contributed by atoms with Gasteiger partial charge in [-0.15, -0.1) is 0 Å². The Bertz CT molecular complexity index is 235. The van der Waals surface area contributed by atoms with Crippen LogP contribution < -0.4 is 0 Å². The highest BCUT2D eigenvalue weighted by Gasteiger charge is 2.04. The lowest BCUT2D eigenvalue weighted by atomic mass is 10.1. The molecule has 0 amide bonds. The van der Waals surface area contributed by atoms with Gasteiger partial charge in [-0.2, -0.15) is 5.10 Å². The first kappa shape index (κ1) is 4.79. The summed E-state index contributed by atoms with van der Waals surface area (Å²) in [5.41, 5.74) is 2.35. The largest absolute Gasteiger partial charge is 0.277 e. The molecule has 1 N–H and O–H groups in total. The molecular formula is C7H7N2. The number of fused-ring (bicyclic) bond motifs is 1. The van der Waals surface area contributed by atoms with Crippen molar-refractivity contribution in [3.63, 3.8) is 0 Å². The van der Waals surface area contributed by atoms with Crippen molar-refractivity contribution in [3.05, 3.63) is 23.5 Å². The van der Waals surface area contributed by atoms with Crippen LogP contribution >= 0.6 is 0 Å². The molecule has 2 nitrogen and oxygen atoms in total. The molecular weight excluding hydrogens is 112 g/mol. The highest BCUT2D eigenvalue weighted by atomic mass is 15.1. The molecule has 2 heteroatoms. The van der Waals surface area contributed by atoms with E-state index in [4.69, 9.17) is 0 Å². The second-order valence-corrected chi connectivity index (χ2v) is 2.17. The van der Waals surface area contributed by atoms with Gasteiger partial charge in [-0.3, -0.25) is 5.10 Å². The van der Waals surface area contributed by atoms with Gasteiger partial charge in [-0.25, -0.2) is 0 Å². The number of nitrogens with zero attached hydrogens (tertiary/aromatic N) is 1. The average molecular weight is 119 g/mol. The van der Waals surface area contributed by atoms with Crippen LogP contribution in [-0.2, 0) is 6.42 Å². The van der Waals surface area contributed by atoms with Gasteiger partial charge in [0.2, 0.25) is 0 Å². The van der Waals surface area contributed by atoms with Crippen LogP contribution in [-0.4, -0.2) is 10.2 Å². The standard InChI is InChI=1S/C7H7N2/c1-2-4-7-6(3-1)5-8-9-7/h2,4H,1,3H2,(H,8,9). The van der Waals surface area contributed by atoms with Crippen LogP contribution in [0.4, 0.5) is 0 Å². The second-order valence-electron chi connectivity index (χ2n) is 2.17. The summed E-state index contributed by atoms with van der Waals surface area (Å²) < 4.78 is 0. The van der Waals surface area contributed by atoms with E-state index in [2.05, 4.69) is 28.5 Å². The third-order valence-corrected chi connectivity index (χ3v) is 1.54. The molecule has 0 unspecified atom stereocenters. The minimum absolute atomic E-state index is 1.09. The van der Waals surface area contributed by atoms with Gasteiger partial charge in [0, 0.05) is 5.56 Å². The monoisotopic (exact) mass is 119 g/mol. The van der Waals surface area contributed by atoms with Crippen molar-refractivity contribution in [2.75, 3.05) is 0 Å². The molecule has 0 spiro atoms. The van der Waals surface area contributed by atoms with Crippen molar-refractivity contribution in [3.8, 4) is 0 Å². The lowest BCUT2D eigenvalue weighted by Crippen LogP contribution is -1.89. The van der Waals surface area contributed by atoms with Gasteiger partial charge in [0.25, 0.3) is 0 Å². The quantitative estimate of drug-likeness (QED) is 0.545. The molecule has 1 aromatic rings. The van der Waals surface area contributed by atoms with Gasteiger partial charge in [-0.1, -0.05) is 6.08 Å². The number of hydrogen-bond donors (Lipinski definition) is 1. The molecule has 0 saturated carbocycles. The van der Waals surface area contributed by atoms with E-state index < -0.39 is 0 Å². The molecule has 1 aliphatic rings. The lowest BCUT2D eigenvalue weighted by Gasteiger charge is -1.99. The van der Waals surface area contributed by atoms with Gasteiger partial charge >= 0.3 is 0 Å². The molecule has 0 aliphatic heterocycles. The predicted octanol–water partition coefficient (Wildman–Crippen LogP) is 1.17. The summed E-state index contributed by atoms with van der Waals surface area (Å²) in [4.78, 5) is 0. The zero-order valence-corrected chi connectivity index (χ0v) is 5.02. The van der Waals surface area contributed by atoms with Crippen LogP contribution in [0.1, 0.15) is 17.7 Å². The smallest absolute Gasteiger partial charge is 0.116 e. The van der Waals surface area contributed by atoms with Gasteiger partial charge in [0.15, 0.2) is 0 Å². The average Bonchev–Trinajstić information content (AvgIpc) is 2.33. The van der Waals surface area contributed by atoms with Crippen molar-refractivity contribution in [2.24, 2.45) is 0 Å². The highest BCUT2D eigenvalue weighted by Crippen LogP contribution is 2.14. The summed E-state index contributed by atoms with van der Waals surface area (Å²) >= 11 is 0. The molecule has 0 fully saturated rings. The lowest BCUT2D eigenvalue weighted by molar-refractivity contribution is 0.983. The summed E-state index contributed by atoms with van der Waals surface area (Å²) in [6, 6.07) is 0. The zero-order valence-electron chi connectivity index (χ0n) is 5.02. The number of aryl methyl sites for hydroxylation is 1. The molecule has 1 aliphatic carbocycles. The van der Waals surface area contributed by atoms with E-state index in [0.29, 0.717) is 0 Å². The van der Waals surface area contributed by atoms with E-state index >= 15 is 0 Å². The van der Waals surface area contributed by atoms with Crippen LogP contribution in [0.5, 0.6) is 0 Å². The third kappa shape index (κ3) is 0.669. The Morgan fingerprint density at radius 1 is 1.67 bits per heavy atom. The first-order valence-electron chi connectivity index (χ1n) is 3.08. The maximum Gasteiger partial charge on any atom is 0.116 e. The minimum Gasteiger partial charge on any atom is -0.277 e. The number of aromatic amines is 1. The van der Waals surface area contributed by atoms with Crippen LogP contribution in [0.2, 0.25) is 0 Å². The Kier molecular flexibility index (Phi) is 0.918. The molecule has 0 bridgehead atoms. The van der Waals surface area contributed by atoms with Gasteiger partial charge < -0.3 is 0 Å². The highest BCUT2D eigenvalue weighted by molar-refractivity contribution is 5.50. The summed E-state index contributed by atoms with van der Waals surface area (Å²) in [7, 11) is 0. The maximum absolute atomic E-state index is 3.80. The number of rotatable bonds is 0. The second kappa shape index (κ2) is 1.72. The van der Waals surface area contributed by atoms with Crippen molar-refractivity contribution in [1.82, 2.24) is 10.2 Å². The summed E-state index contributed by atoms with van der Waals surface area (Å²) in [5.74, 6) is 0. The molecule has 0 atom stereocenters.